The zero-order valence-corrected chi connectivity index (χ0v) is 7.78. The Morgan fingerprint density at radius 2 is 2.33 bits per heavy atom. The number of hydrogen-bond donors (Lipinski definition) is 1. The lowest BCUT2D eigenvalue weighted by Gasteiger charge is -2.18. The van der Waals surface area contributed by atoms with Crippen LogP contribution in [0.2, 0.25) is 0 Å². The lowest BCUT2D eigenvalue weighted by Crippen LogP contribution is -2.12. The Hall–Kier alpha value is -1.24. The van der Waals surface area contributed by atoms with Crippen LogP contribution in [0.5, 0.6) is 0 Å². The van der Waals surface area contributed by atoms with Crippen LogP contribution in [0.15, 0.2) is 47.9 Å². The molecule has 0 fully saturated rings. The Morgan fingerprint density at radius 1 is 1.67 bits per heavy atom. The molecular formula is C11H15N. The molecule has 0 amide bonds. The van der Waals surface area contributed by atoms with Gasteiger partial charge in [0.2, 0.25) is 0 Å². The molecule has 1 heteroatoms. The van der Waals surface area contributed by atoms with Crippen LogP contribution in [0, 0.1) is 0 Å². The van der Waals surface area contributed by atoms with Gasteiger partial charge in [-0.3, -0.25) is 0 Å². The summed E-state index contributed by atoms with van der Waals surface area (Å²) < 4.78 is 0. The average Bonchev–Trinajstić information content (AvgIpc) is 2.05. The van der Waals surface area contributed by atoms with Gasteiger partial charge >= 0.3 is 0 Å². The van der Waals surface area contributed by atoms with Crippen LogP contribution in [0.4, 0.5) is 0 Å². The van der Waals surface area contributed by atoms with E-state index in [0.29, 0.717) is 0 Å². The summed E-state index contributed by atoms with van der Waals surface area (Å²) in [6.07, 6.45) is 4.83. The maximum absolute atomic E-state index is 3.94. The van der Waals surface area contributed by atoms with E-state index in [9.17, 15) is 0 Å². The fraction of sp³-hybridized carbons (Fsp3) is 0.273. The highest BCUT2D eigenvalue weighted by molar-refractivity contribution is 5.40. The first-order chi connectivity index (χ1) is 5.65. The summed E-state index contributed by atoms with van der Waals surface area (Å²) in [5, 5.41) is 3.20. The van der Waals surface area contributed by atoms with Crippen molar-refractivity contribution in [3.8, 4) is 0 Å². The summed E-state index contributed by atoms with van der Waals surface area (Å²) in [6.45, 7) is 11.8. The minimum absolute atomic E-state index is 0.956. The van der Waals surface area contributed by atoms with Crippen LogP contribution in [-0.2, 0) is 0 Å². The molecule has 1 rings (SSSR count). The molecule has 0 aromatic rings. The van der Waals surface area contributed by atoms with Crippen LogP contribution in [0.1, 0.15) is 20.3 Å². The van der Waals surface area contributed by atoms with Gasteiger partial charge in [-0.25, -0.2) is 0 Å². The van der Waals surface area contributed by atoms with Gasteiger partial charge in [0, 0.05) is 18.3 Å². The fourth-order valence-corrected chi connectivity index (χ4v) is 1.28. The Labute approximate surface area is 74.2 Å². The Balaban J connectivity index is 2.86. The van der Waals surface area contributed by atoms with Gasteiger partial charge in [0.1, 0.15) is 0 Å². The fourth-order valence-electron chi connectivity index (χ4n) is 1.28. The molecule has 1 heterocycles. The zero-order chi connectivity index (χ0) is 9.14. The lowest BCUT2D eigenvalue weighted by molar-refractivity contribution is 0.928. The summed E-state index contributed by atoms with van der Waals surface area (Å²) in [7, 11) is 0. The van der Waals surface area contributed by atoms with Crippen LogP contribution in [0.3, 0.4) is 0 Å². The summed E-state index contributed by atoms with van der Waals surface area (Å²) in [5.41, 5.74) is 4.85. The van der Waals surface area contributed by atoms with Gasteiger partial charge in [0.05, 0.1) is 0 Å². The van der Waals surface area contributed by atoms with Gasteiger partial charge in [-0.15, -0.1) is 0 Å². The van der Waals surface area contributed by atoms with Crippen molar-refractivity contribution in [1.29, 1.82) is 0 Å². The Kier molecular flexibility index (Phi) is 2.54. The van der Waals surface area contributed by atoms with Crippen molar-refractivity contribution in [3.05, 3.63) is 47.9 Å². The van der Waals surface area contributed by atoms with Crippen LogP contribution < -0.4 is 5.32 Å². The van der Waals surface area contributed by atoms with Crippen molar-refractivity contribution in [2.24, 2.45) is 0 Å². The van der Waals surface area contributed by atoms with Crippen LogP contribution in [0.25, 0.3) is 0 Å². The normalized spacial score (nSPS) is 16.7. The molecular weight excluding hydrogens is 146 g/mol. The molecule has 1 N–H and O–H groups in total. The maximum atomic E-state index is 3.94. The van der Waals surface area contributed by atoms with E-state index >= 15 is 0 Å². The van der Waals surface area contributed by atoms with E-state index in [0.717, 1.165) is 12.0 Å². The van der Waals surface area contributed by atoms with Crippen molar-refractivity contribution < 1.29 is 0 Å². The minimum atomic E-state index is 0.956. The second-order valence-corrected chi connectivity index (χ2v) is 3.13. The predicted molar refractivity (Wildman–Crippen MR) is 53.5 cm³/mol. The monoisotopic (exact) mass is 161 g/mol. The molecule has 0 bridgehead atoms. The first kappa shape index (κ1) is 8.85. The summed E-state index contributed by atoms with van der Waals surface area (Å²) in [6, 6.07) is 0. The molecule has 1 nitrogen and oxygen atoms in total. The SMILES string of the molecule is C=CC1=CNC(C)=C(C(=C)C)C1. The lowest BCUT2D eigenvalue weighted by atomic mass is 9.96. The van der Waals surface area contributed by atoms with Crippen LogP contribution >= 0.6 is 0 Å². The molecule has 0 aromatic carbocycles. The van der Waals surface area contributed by atoms with E-state index in [1.807, 2.05) is 19.2 Å². The van der Waals surface area contributed by atoms with Gasteiger partial charge in [-0.05, 0) is 25.0 Å². The Bertz CT molecular complexity index is 279. The molecule has 0 aromatic heterocycles. The highest BCUT2D eigenvalue weighted by Gasteiger charge is 2.09. The third-order valence-corrected chi connectivity index (χ3v) is 2.08. The smallest absolute Gasteiger partial charge is 0.0153 e. The standard InChI is InChI=1S/C11H15N/c1-5-10-6-11(8(2)3)9(4)12-7-10/h5,7,12H,1-2,6H2,3-4H3. The van der Waals surface area contributed by atoms with Gasteiger partial charge in [-0.2, -0.15) is 0 Å². The average molecular weight is 161 g/mol. The molecule has 0 aliphatic carbocycles. The predicted octanol–water partition coefficient (Wildman–Crippen LogP) is 2.90. The number of nitrogens with one attached hydrogen (secondary N) is 1. The van der Waals surface area contributed by atoms with E-state index in [1.54, 1.807) is 0 Å². The van der Waals surface area contributed by atoms with Crippen molar-refractivity contribution in [1.82, 2.24) is 5.32 Å². The second kappa shape index (κ2) is 3.44. The third kappa shape index (κ3) is 1.67. The maximum Gasteiger partial charge on any atom is 0.0153 e. The highest BCUT2D eigenvalue weighted by atomic mass is 14.9. The van der Waals surface area contributed by atoms with Gasteiger partial charge in [0.25, 0.3) is 0 Å². The minimum Gasteiger partial charge on any atom is -0.365 e. The molecule has 1 aliphatic rings. The summed E-state index contributed by atoms with van der Waals surface area (Å²) >= 11 is 0. The number of hydrogen-bond acceptors (Lipinski definition) is 1. The van der Waals surface area contributed by atoms with E-state index in [-0.39, 0.29) is 0 Å². The van der Waals surface area contributed by atoms with Crippen molar-refractivity contribution in [2.45, 2.75) is 20.3 Å². The first-order valence-corrected chi connectivity index (χ1v) is 4.08. The molecule has 0 radical (unpaired) electrons. The molecule has 0 spiro atoms. The molecule has 0 saturated carbocycles. The van der Waals surface area contributed by atoms with E-state index in [2.05, 4.69) is 25.4 Å². The largest absolute Gasteiger partial charge is 0.365 e. The van der Waals surface area contributed by atoms with Crippen LogP contribution in [-0.4, -0.2) is 0 Å². The molecule has 64 valence electrons. The topological polar surface area (TPSA) is 12.0 Å². The molecule has 12 heavy (non-hydrogen) atoms. The van der Waals surface area contributed by atoms with Gasteiger partial charge in [0.15, 0.2) is 0 Å². The van der Waals surface area contributed by atoms with Crippen molar-refractivity contribution in [3.63, 3.8) is 0 Å². The van der Waals surface area contributed by atoms with Gasteiger partial charge in [-0.1, -0.05) is 24.8 Å². The van der Waals surface area contributed by atoms with E-state index in [4.69, 9.17) is 0 Å². The number of allylic oxidation sites excluding steroid dienone is 5. The first-order valence-electron chi connectivity index (χ1n) is 4.08. The second-order valence-electron chi connectivity index (χ2n) is 3.13. The zero-order valence-electron chi connectivity index (χ0n) is 7.78. The van der Waals surface area contributed by atoms with Gasteiger partial charge < -0.3 is 5.32 Å². The van der Waals surface area contributed by atoms with E-state index < -0.39 is 0 Å². The quantitative estimate of drug-likeness (QED) is 0.656. The van der Waals surface area contributed by atoms with Crippen molar-refractivity contribution in [2.75, 3.05) is 0 Å². The Morgan fingerprint density at radius 3 is 2.83 bits per heavy atom. The third-order valence-electron chi connectivity index (χ3n) is 2.08. The van der Waals surface area contributed by atoms with E-state index in [1.165, 1.54) is 16.8 Å². The highest BCUT2D eigenvalue weighted by Crippen LogP contribution is 2.23. The summed E-state index contributed by atoms with van der Waals surface area (Å²) in [5.74, 6) is 0. The molecule has 0 atom stereocenters. The number of dihydropyridines is 1. The number of rotatable bonds is 2. The summed E-state index contributed by atoms with van der Waals surface area (Å²) in [4.78, 5) is 0. The van der Waals surface area contributed by atoms with Crippen molar-refractivity contribution >= 4 is 0 Å². The molecule has 0 saturated heterocycles. The molecule has 1 aliphatic heterocycles. The molecule has 0 unspecified atom stereocenters.